The van der Waals surface area contributed by atoms with Crippen LogP contribution in [0.2, 0.25) is 0 Å². The van der Waals surface area contributed by atoms with Crippen LogP contribution in [0.1, 0.15) is 12.5 Å². The van der Waals surface area contributed by atoms with E-state index in [1.165, 1.54) is 10.9 Å². The molecule has 0 fully saturated rings. The number of nitro groups is 1. The van der Waals surface area contributed by atoms with E-state index >= 15 is 0 Å². The van der Waals surface area contributed by atoms with Crippen LogP contribution in [0.3, 0.4) is 0 Å². The van der Waals surface area contributed by atoms with Crippen molar-refractivity contribution in [2.24, 2.45) is 0 Å². The van der Waals surface area contributed by atoms with E-state index in [4.69, 9.17) is 9.47 Å². The normalized spacial score (nSPS) is 14.3. The van der Waals surface area contributed by atoms with E-state index in [1.807, 2.05) is 6.92 Å². The van der Waals surface area contributed by atoms with Crippen molar-refractivity contribution in [2.75, 3.05) is 20.3 Å². The molecule has 0 amide bonds. The van der Waals surface area contributed by atoms with Crippen molar-refractivity contribution in [1.82, 2.24) is 9.78 Å². The summed E-state index contributed by atoms with van der Waals surface area (Å²) in [4.78, 5) is 10.1. The third-order valence-corrected chi connectivity index (χ3v) is 2.46. The minimum Gasteiger partial charge on any atom is -0.389 e. The number of methoxy groups -OCH3 is 1. The predicted molar refractivity (Wildman–Crippen MR) is 66.9 cm³/mol. The van der Waals surface area contributed by atoms with Crippen LogP contribution < -0.4 is 0 Å². The molecular weight excluding hydrogens is 254 g/mol. The maximum Gasteiger partial charge on any atom is 0.392 e. The van der Waals surface area contributed by atoms with Crippen LogP contribution in [0.4, 0.5) is 5.82 Å². The quantitative estimate of drug-likeness (QED) is 0.547. The molecule has 1 rings (SSSR count). The van der Waals surface area contributed by atoms with Gasteiger partial charge in [-0.25, -0.2) is 0 Å². The Hall–Kier alpha value is -1.51. The number of aryl methyl sites for hydroxylation is 1. The summed E-state index contributed by atoms with van der Waals surface area (Å²) in [6, 6.07) is 0. The van der Waals surface area contributed by atoms with E-state index in [2.05, 4.69) is 5.10 Å². The summed E-state index contributed by atoms with van der Waals surface area (Å²) < 4.78 is 11.6. The predicted octanol–water partition coefficient (Wildman–Crippen LogP) is 0.512. The molecular formula is C11H19N3O5. The van der Waals surface area contributed by atoms with Gasteiger partial charge in [0.15, 0.2) is 0 Å². The summed E-state index contributed by atoms with van der Waals surface area (Å²) in [5.74, 6) is -0.194. The van der Waals surface area contributed by atoms with Crippen LogP contribution >= 0.6 is 0 Å². The Morgan fingerprint density at radius 3 is 2.79 bits per heavy atom. The van der Waals surface area contributed by atoms with E-state index in [-0.39, 0.29) is 25.1 Å². The molecule has 2 unspecified atom stereocenters. The smallest absolute Gasteiger partial charge is 0.389 e. The summed E-state index contributed by atoms with van der Waals surface area (Å²) in [7, 11) is 1.57. The molecule has 1 N–H and O–H groups in total. The van der Waals surface area contributed by atoms with E-state index in [9.17, 15) is 15.2 Å². The highest BCUT2D eigenvalue weighted by atomic mass is 16.6. The number of hydrogen-bond donors (Lipinski definition) is 1. The number of aliphatic hydroxyl groups excluding tert-OH is 1. The Morgan fingerprint density at radius 1 is 1.58 bits per heavy atom. The molecule has 0 radical (unpaired) electrons. The number of ether oxygens (including phenoxy) is 2. The van der Waals surface area contributed by atoms with Crippen LogP contribution in [0.5, 0.6) is 0 Å². The van der Waals surface area contributed by atoms with E-state index in [0.717, 1.165) is 0 Å². The van der Waals surface area contributed by atoms with E-state index in [1.54, 1.807) is 14.0 Å². The van der Waals surface area contributed by atoms with Gasteiger partial charge in [0, 0.05) is 7.11 Å². The highest BCUT2D eigenvalue weighted by molar-refractivity contribution is 5.27. The van der Waals surface area contributed by atoms with E-state index in [0.29, 0.717) is 12.2 Å². The summed E-state index contributed by atoms with van der Waals surface area (Å²) in [5.41, 5.74) is 0.464. The minimum atomic E-state index is -0.779. The standard InChI is InChI=1S/C11H19N3O5/c1-8-4-13(12-11(8)14(16)17)5-10(15)7-19-9(2)6-18-3/h4,9-10,15H,5-7H2,1-3H3. The first kappa shape index (κ1) is 15.5. The molecule has 1 heterocycles. The molecule has 0 aliphatic heterocycles. The average Bonchev–Trinajstić information content (AvgIpc) is 2.68. The van der Waals surface area contributed by atoms with Gasteiger partial charge in [-0.3, -0.25) is 0 Å². The Balaban J connectivity index is 2.46. The van der Waals surface area contributed by atoms with Crippen molar-refractivity contribution in [1.29, 1.82) is 0 Å². The fourth-order valence-electron chi connectivity index (χ4n) is 1.61. The van der Waals surface area contributed by atoms with Crippen LogP contribution in [0.25, 0.3) is 0 Å². The van der Waals surface area contributed by atoms with Gasteiger partial charge in [-0.1, -0.05) is 0 Å². The van der Waals surface area contributed by atoms with Gasteiger partial charge < -0.3 is 24.7 Å². The molecule has 0 aromatic carbocycles. The largest absolute Gasteiger partial charge is 0.392 e. The second kappa shape index (κ2) is 7.17. The first-order valence-electron chi connectivity index (χ1n) is 5.91. The first-order chi connectivity index (χ1) is 8.93. The average molecular weight is 273 g/mol. The van der Waals surface area contributed by atoms with Crippen molar-refractivity contribution in [3.63, 3.8) is 0 Å². The minimum absolute atomic E-state index is 0.117. The number of hydrogen-bond acceptors (Lipinski definition) is 6. The highest BCUT2D eigenvalue weighted by Gasteiger charge is 2.19. The molecule has 1 aromatic heterocycles. The lowest BCUT2D eigenvalue weighted by molar-refractivity contribution is -0.390. The number of aliphatic hydroxyl groups is 1. The van der Waals surface area contributed by atoms with Gasteiger partial charge in [0.05, 0.1) is 48.8 Å². The van der Waals surface area contributed by atoms with Gasteiger partial charge in [-0.15, -0.1) is 0 Å². The Bertz CT molecular complexity index is 420. The zero-order valence-electron chi connectivity index (χ0n) is 11.3. The Morgan fingerprint density at radius 2 is 2.26 bits per heavy atom. The van der Waals surface area contributed by atoms with Gasteiger partial charge in [0.2, 0.25) is 0 Å². The zero-order valence-corrected chi connectivity index (χ0v) is 11.3. The lowest BCUT2D eigenvalue weighted by atomic mass is 10.3. The van der Waals surface area contributed by atoms with Crippen LogP contribution in [0.15, 0.2) is 6.20 Å². The van der Waals surface area contributed by atoms with Crippen molar-refractivity contribution in [2.45, 2.75) is 32.6 Å². The molecule has 108 valence electrons. The number of nitrogens with zero attached hydrogens (tertiary/aromatic N) is 3. The van der Waals surface area contributed by atoms with Gasteiger partial charge >= 0.3 is 5.82 Å². The molecule has 0 saturated carbocycles. The molecule has 0 spiro atoms. The fraction of sp³-hybridized carbons (Fsp3) is 0.727. The molecule has 1 aromatic rings. The third kappa shape index (κ3) is 4.93. The zero-order chi connectivity index (χ0) is 14.4. The van der Waals surface area contributed by atoms with Crippen molar-refractivity contribution >= 4 is 5.82 Å². The third-order valence-electron chi connectivity index (χ3n) is 2.46. The molecule has 19 heavy (non-hydrogen) atoms. The molecule has 0 saturated heterocycles. The van der Waals surface area contributed by atoms with Gasteiger partial charge in [0.25, 0.3) is 0 Å². The second-order valence-corrected chi connectivity index (χ2v) is 4.37. The van der Waals surface area contributed by atoms with Crippen LogP contribution in [-0.4, -0.2) is 52.3 Å². The maximum atomic E-state index is 10.6. The lowest BCUT2D eigenvalue weighted by Crippen LogP contribution is -2.26. The lowest BCUT2D eigenvalue weighted by Gasteiger charge is -2.14. The molecule has 8 nitrogen and oxygen atoms in total. The summed E-state index contributed by atoms with van der Waals surface area (Å²) in [5, 5.41) is 24.2. The highest BCUT2D eigenvalue weighted by Crippen LogP contribution is 2.14. The van der Waals surface area contributed by atoms with E-state index < -0.39 is 11.0 Å². The van der Waals surface area contributed by atoms with Gasteiger partial charge in [-0.05, 0) is 18.8 Å². The molecule has 0 aliphatic rings. The molecule has 0 aliphatic carbocycles. The van der Waals surface area contributed by atoms with Gasteiger partial charge in [0.1, 0.15) is 0 Å². The number of rotatable bonds is 8. The summed E-state index contributed by atoms with van der Waals surface area (Å²) in [6.45, 7) is 4.15. The first-order valence-corrected chi connectivity index (χ1v) is 5.91. The summed E-state index contributed by atoms with van der Waals surface area (Å²) in [6.07, 6.45) is 0.631. The maximum absolute atomic E-state index is 10.6. The monoisotopic (exact) mass is 273 g/mol. The topological polar surface area (TPSA) is 99.6 Å². The van der Waals surface area contributed by atoms with Crippen molar-refractivity contribution in [3.8, 4) is 0 Å². The molecule has 8 heteroatoms. The summed E-state index contributed by atoms with van der Waals surface area (Å²) >= 11 is 0. The van der Waals surface area contributed by atoms with Crippen LogP contribution in [0, 0.1) is 17.0 Å². The van der Waals surface area contributed by atoms with Crippen molar-refractivity contribution < 1.29 is 19.5 Å². The number of aromatic nitrogens is 2. The fourth-order valence-corrected chi connectivity index (χ4v) is 1.61. The Labute approximate surface area is 111 Å². The van der Waals surface area contributed by atoms with Crippen molar-refractivity contribution in [3.05, 3.63) is 21.9 Å². The van der Waals surface area contributed by atoms with Crippen LogP contribution in [-0.2, 0) is 16.0 Å². The second-order valence-electron chi connectivity index (χ2n) is 4.37. The van der Waals surface area contributed by atoms with Gasteiger partial charge in [-0.2, -0.15) is 4.68 Å². The molecule has 2 atom stereocenters. The SMILES string of the molecule is COCC(C)OCC(O)Cn1cc(C)c([N+](=O)[O-])n1. The Kier molecular flexibility index (Phi) is 5.87. The molecule has 0 bridgehead atoms.